The van der Waals surface area contributed by atoms with Gasteiger partial charge in [0.1, 0.15) is 12.3 Å². The van der Waals surface area contributed by atoms with E-state index in [2.05, 4.69) is 0 Å². The number of ether oxygens (including phenoxy) is 2. The van der Waals surface area contributed by atoms with Crippen LogP contribution in [-0.2, 0) is 14.3 Å². The van der Waals surface area contributed by atoms with Crippen LogP contribution in [0, 0.1) is 5.92 Å². The molecule has 0 bridgehead atoms. The summed E-state index contributed by atoms with van der Waals surface area (Å²) in [6.07, 6.45) is 1.22. The van der Waals surface area contributed by atoms with Gasteiger partial charge in [-0.3, -0.25) is 14.5 Å². The predicted octanol–water partition coefficient (Wildman–Crippen LogP) is 2.13. The Bertz CT molecular complexity index is 728. The quantitative estimate of drug-likeness (QED) is 0.652. The number of nitrogens with zero attached hydrogens (tertiary/aromatic N) is 3. The summed E-state index contributed by atoms with van der Waals surface area (Å²) < 4.78 is 10.5. The van der Waals surface area contributed by atoms with E-state index >= 15 is 0 Å². The number of anilines is 1. The van der Waals surface area contributed by atoms with Crippen molar-refractivity contribution >= 4 is 23.6 Å². The third kappa shape index (κ3) is 4.99. The van der Waals surface area contributed by atoms with E-state index in [0.29, 0.717) is 52.2 Å². The molecule has 0 radical (unpaired) electrons. The van der Waals surface area contributed by atoms with Crippen LogP contribution in [0.25, 0.3) is 0 Å². The molecule has 0 unspecified atom stereocenters. The summed E-state index contributed by atoms with van der Waals surface area (Å²) >= 11 is 0. The maximum absolute atomic E-state index is 12.7. The van der Waals surface area contributed by atoms with E-state index in [1.165, 1.54) is 0 Å². The molecule has 0 atom stereocenters. The first-order valence-electron chi connectivity index (χ1n) is 10.3. The summed E-state index contributed by atoms with van der Waals surface area (Å²) in [6.45, 7) is 6.85. The Hall–Kier alpha value is -2.77. The van der Waals surface area contributed by atoms with Crippen molar-refractivity contribution in [1.29, 1.82) is 0 Å². The van der Waals surface area contributed by atoms with E-state index in [-0.39, 0.29) is 30.4 Å². The number of piperidine rings is 1. The zero-order chi connectivity index (χ0) is 20.8. The smallest absolute Gasteiger partial charge is 0.325 e. The van der Waals surface area contributed by atoms with Gasteiger partial charge in [-0.05, 0) is 51.0 Å². The summed E-state index contributed by atoms with van der Waals surface area (Å²) in [7, 11) is 0. The van der Waals surface area contributed by atoms with Gasteiger partial charge in [0.2, 0.25) is 5.91 Å². The maximum Gasteiger partial charge on any atom is 0.325 e. The van der Waals surface area contributed by atoms with Crippen LogP contribution in [0.15, 0.2) is 24.3 Å². The highest BCUT2D eigenvalue weighted by Gasteiger charge is 2.33. The molecule has 0 aliphatic carbocycles. The van der Waals surface area contributed by atoms with Crippen molar-refractivity contribution in [2.45, 2.75) is 26.7 Å². The lowest BCUT2D eigenvalue weighted by Gasteiger charge is -2.32. The van der Waals surface area contributed by atoms with Gasteiger partial charge in [0, 0.05) is 31.9 Å². The van der Waals surface area contributed by atoms with Gasteiger partial charge < -0.3 is 19.3 Å². The molecule has 8 heteroatoms. The van der Waals surface area contributed by atoms with Crippen molar-refractivity contribution < 1.29 is 23.9 Å². The minimum atomic E-state index is -0.180. The molecule has 158 valence electrons. The Balaban J connectivity index is 1.50. The average molecular weight is 403 g/mol. The number of likely N-dealkylation sites (tertiary alicyclic amines) is 1. The van der Waals surface area contributed by atoms with Gasteiger partial charge in [0.25, 0.3) is 0 Å². The molecule has 2 heterocycles. The molecule has 3 amide bonds. The van der Waals surface area contributed by atoms with Crippen LogP contribution in [0.2, 0.25) is 0 Å². The van der Waals surface area contributed by atoms with Gasteiger partial charge in [-0.1, -0.05) is 0 Å². The second-order valence-corrected chi connectivity index (χ2v) is 7.19. The van der Waals surface area contributed by atoms with Crippen LogP contribution < -0.4 is 9.64 Å². The number of hydrogen-bond donors (Lipinski definition) is 0. The first-order valence-corrected chi connectivity index (χ1v) is 10.3. The number of carbonyl (C=O) groups is 3. The Kier molecular flexibility index (Phi) is 6.95. The van der Waals surface area contributed by atoms with E-state index in [1.54, 1.807) is 21.6 Å². The van der Waals surface area contributed by atoms with Gasteiger partial charge >= 0.3 is 12.0 Å². The highest BCUT2D eigenvalue weighted by Crippen LogP contribution is 2.24. The minimum absolute atomic E-state index is 0.0659. The zero-order valence-corrected chi connectivity index (χ0v) is 17.1. The van der Waals surface area contributed by atoms with Crippen LogP contribution in [0.4, 0.5) is 10.5 Å². The minimum Gasteiger partial charge on any atom is -0.494 e. The van der Waals surface area contributed by atoms with Gasteiger partial charge in [-0.15, -0.1) is 0 Å². The van der Waals surface area contributed by atoms with Crippen LogP contribution in [0.3, 0.4) is 0 Å². The van der Waals surface area contributed by atoms with Gasteiger partial charge in [-0.2, -0.15) is 0 Å². The fourth-order valence-electron chi connectivity index (χ4n) is 3.75. The summed E-state index contributed by atoms with van der Waals surface area (Å²) in [6, 6.07) is 7.23. The maximum atomic E-state index is 12.7. The Labute approximate surface area is 171 Å². The van der Waals surface area contributed by atoms with Crippen LogP contribution in [-0.4, -0.2) is 73.6 Å². The lowest BCUT2D eigenvalue weighted by molar-refractivity contribution is -0.151. The van der Waals surface area contributed by atoms with Crippen molar-refractivity contribution in [1.82, 2.24) is 9.80 Å². The highest BCUT2D eigenvalue weighted by atomic mass is 16.5. The monoisotopic (exact) mass is 403 g/mol. The summed E-state index contributed by atoms with van der Waals surface area (Å²) in [5.74, 6) is 0.373. The normalized spacial score (nSPS) is 17.6. The first-order chi connectivity index (χ1) is 14.0. The molecule has 3 rings (SSSR count). The summed E-state index contributed by atoms with van der Waals surface area (Å²) in [5.41, 5.74) is 0.795. The molecular formula is C21H29N3O5. The number of carbonyl (C=O) groups excluding carboxylic acids is 3. The van der Waals surface area contributed by atoms with Crippen molar-refractivity contribution in [2.75, 3.05) is 50.8 Å². The number of rotatable bonds is 7. The van der Waals surface area contributed by atoms with Gasteiger partial charge in [0.15, 0.2) is 0 Å². The van der Waals surface area contributed by atoms with E-state index in [1.807, 2.05) is 31.2 Å². The van der Waals surface area contributed by atoms with Gasteiger partial charge in [0.05, 0.1) is 19.1 Å². The number of urea groups is 1. The fourth-order valence-corrected chi connectivity index (χ4v) is 3.75. The molecule has 0 N–H and O–H groups in total. The third-order valence-corrected chi connectivity index (χ3v) is 5.35. The Morgan fingerprint density at radius 3 is 2.31 bits per heavy atom. The fraction of sp³-hybridized carbons (Fsp3) is 0.571. The lowest BCUT2D eigenvalue weighted by atomic mass is 9.97. The first kappa shape index (κ1) is 21.0. The molecule has 0 saturated carbocycles. The van der Waals surface area contributed by atoms with E-state index in [4.69, 9.17) is 9.47 Å². The molecule has 29 heavy (non-hydrogen) atoms. The van der Waals surface area contributed by atoms with E-state index in [0.717, 1.165) is 11.4 Å². The average Bonchev–Trinajstić information content (AvgIpc) is 3.09. The van der Waals surface area contributed by atoms with Crippen molar-refractivity contribution in [3.8, 4) is 5.75 Å². The zero-order valence-electron chi connectivity index (χ0n) is 17.1. The second-order valence-electron chi connectivity index (χ2n) is 7.19. The SMILES string of the molecule is CCOC(=O)C1CCN(C(=O)CN2CCN(c3ccc(OCC)cc3)C2=O)CC1. The largest absolute Gasteiger partial charge is 0.494 e. The Morgan fingerprint density at radius 2 is 1.69 bits per heavy atom. The van der Waals surface area contributed by atoms with Crippen molar-refractivity contribution in [2.24, 2.45) is 5.92 Å². The molecule has 2 aliphatic heterocycles. The second kappa shape index (κ2) is 9.62. The predicted molar refractivity (Wildman–Crippen MR) is 108 cm³/mol. The molecule has 2 aliphatic rings. The molecular weight excluding hydrogens is 374 g/mol. The van der Waals surface area contributed by atoms with E-state index in [9.17, 15) is 14.4 Å². The third-order valence-electron chi connectivity index (χ3n) is 5.35. The van der Waals surface area contributed by atoms with Gasteiger partial charge in [-0.25, -0.2) is 4.79 Å². The summed E-state index contributed by atoms with van der Waals surface area (Å²) in [4.78, 5) is 42.2. The van der Waals surface area contributed by atoms with Crippen LogP contribution in [0.1, 0.15) is 26.7 Å². The topological polar surface area (TPSA) is 79.4 Å². The number of esters is 1. The molecule has 1 aromatic carbocycles. The Morgan fingerprint density at radius 1 is 1.00 bits per heavy atom. The van der Waals surface area contributed by atoms with E-state index < -0.39 is 0 Å². The molecule has 8 nitrogen and oxygen atoms in total. The summed E-state index contributed by atoms with van der Waals surface area (Å²) in [5, 5.41) is 0. The molecule has 0 aromatic heterocycles. The van der Waals surface area contributed by atoms with Crippen molar-refractivity contribution in [3.05, 3.63) is 24.3 Å². The van der Waals surface area contributed by atoms with Crippen LogP contribution in [0.5, 0.6) is 5.75 Å². The number of benzene rings is 1. The molecule has 1 aromatic rings. The number of amides is 3. The standard InChI is InChI=1S/C21H29N3O5/c1-3-28-18-7-5-17(6-8-18)24-14-13-23(21(24)27)15-19(25)22-11-9-16(10-12-22)20(26)29-4-2/h5-8,16H,3-4,9-15H2,1-2H3. The molecule has 2 fully saturated rings. The van der Waals surface area contributed by atoms with Crippen LogP contribution >= 0.6 is 0 Å². The number of hydrogen-bond acceptors (Lipinski definition) is 5. The molecule has 2 saturated heterocycles. The highest BCUT2D eigenvalue weighted by molar-refractivity contribution is 5.96. The van der Waals surface area contributed by atoms with Crippen molar-refractivity contribution in [3.63, 3.8) is 0 Å². The lowest BCUT2D eigenvalue weighted by Crippen LogP contribution is -2.46. The molecule has 0 spiro atoms.